The van der Waals surface area contributed by atoms with Crippen LogP contribution >= 0.6 is 0 Å². The van der Waals surface area contributed by atoms with Gasteiger partial charge < -0.3 is 4.79 Å². The third-order valence-corrected chi connectivity index (χ3v) is 0.903. The van der Waals surface area contributed by atoms with Crippen LogP contribution in [0.3, 0.4) is 0 Å². The van der Waals surface area contributed by atoms with Crippen LogP contribution in [0.5, 0.6) is 0 Å². The molecule has 0 aliphatic rings. The number of carbonyl (C=O) groups excluding carboxylic acids is 1. The molecule has 0 fully saturated rings. The van der Waals surface area contributed by atoms with E-state index in [2.05, 4.69) is 13.8 Å². The predicted octanol–water partition coefficient (Wildman–Crippen LogP) is 1.68. The summed E-state index contributed by atoms with van der Waals surface area (Å²) in [6.07, 6.45) is 2.98. The standard InChI is InChI=1S/C7H13O/c1-6(2)4-7(3)5-8/h4-7H,1-3H3. The second-order valence-corrected chi connectivity index (χ2v) is 2.43. The van der Waals surface area contributed by atoms with E-state index in [1.807, 2.05) is 13.3 Å². The quantitative estimate of drug-likeness (QED) is 0.509. The van der Waals surface area contributed by atoms with E-state index in [1.54, 1.807) is 0 Å². The molecule has 0 aliphatic carbocycles. The van der Waals surface area contributed by atoms with Crippen LogP contribution in [0.25, 0.3) is 0 Å². The molecular weight excluding hydrogens is 100 g/mol. The Balaban J connectivity index is 3.23. The van der Waals surface area contributed by atoms with E-state index in [9.17, 15) is 4.79 Å². The summed E-state index contributed by atoms with van der Waals surface area (Å²) in [6.45, 7) is 6.03. The van der Waals surface area contributed by atoms with Crippen LogP contribution in [0.15, 0.2) is 0 Å². The number of aldehydes is 1. The van der Waals surface area contributed by atoms with E-state index < -0.39 is 0 Å². The number of hydrogen-bond donors (Lipinski definition) is 0. The number of carbonyl (C=O) groups is 1. The molecule has 8 heavy (non-hydrogen) atoms. The molecule has 0 aliphatic heterocycles. The van der Waals surface area contributed by atoms with Gasteiger partial charge in [-0.2, -0.15) is 0 Å². The number of rotatable bonds is 3. The fourth-order valence-corrected chi connectivity index (χ4v) is 0.652. The molecule has 0 N–H and O–H groups in total. The van der Waals surface area contributed by atoms with Gasteiger partial charge in [0.05, 0.1) is 0 Å². The molecule has 1 unspecified atom stereocenters. The van der Waals surface area contributed by atoms with Crippen LogP contribution in [0.4, 0.5) is 0 Å². The summed E-state index contributed by atoms with van der Waals surface area (Å²) < 4.78 is 0. The molecule has 1 atom stereocenters. The molecule has 0 rings (SSSR count). The van der Waals surface area contributed by atoms with E-state index in [-0.39, 0.29) is 5.92 Å². The molecule has 0 spiro atoms. The van der Waals surface area contributed by atoms with Gasteiger partial charge in [-0.3, -0.25) is 0 Å². The highest BCUT2D eigenvalue weighted by molar-refractivity contribution is 5.54. The van der Waals surface area contributed by atoms with Crippen LogP contribution in [-0.4, -0.2) is 6.29 Å². The van der Waals surface area contributed by atoms with Gasteiger partial charge in [0.2, 0.25) is 0 Å². The summed E-state index contributed by atoms with van der Waals surface area (Å²) in [5.41, 5.74) is 0. The van der Waals surface area contributed by atoms with Crippen LogP contribution in [-0.2, 0) is 4.79 Å². The van der Waals surface area contributed by atoms with Gasteiger partial charge in [0.25, 0.3) is 0 Å². The first kappa shape index (κ1) is 7.67. The Morgan fingerprint density at radius 3 is 1.88 bits per heavy atom. The fraction of sp³-hybridized carbons (Fsp3) is 0.714. The molecular formula is C7H13O. The molecule has 1 nitrogen and oxygen atoms in total. The van der Waals surface area contributed by atoms with Crippen LogP contribution in [0, 0.1) is 18.3 Å². The second-order valence-electron chi connectivity index (χ2n) is 2.43. The highest BCUT2D eigenvalue weighted by Crippen LogP contribution is 2.05. The van der Waals surface area contributed by atoms with Crippen molar-refractivity contribution in [3.8, 4) is 0 Å². The Kier molecular flexibility index (Phi) is 3.49. The molecule has 0 saturated carbocycles. The van der Waals surface area contributed by atoms with E-state index in [4.69, 9.17) is 0 Å². The van der Waals surface area contributed by atoms with E-state index in [0.717, 1.165) is 6.29 Å². The predicted molar refractivity (Wildman–Crippen MR) is 34.4 cm³/mol. The van der Waals surface area contributed by atoms with Crippen LogP contribution in [0.2, 0.25) is 0 Å². The maximum atomic E-state index is 10.0. The molecule has 0 saturated heterocycles. The average Bonchev–Trinajstić information content (AvgIpc) is 1.65. The highest BCUT2D eigenvalue weighted by atomic mass is 16.1. The first-order chi connectivity index (χ1) is 3.66. The summed E-state index contributed by atoms with van der Waals surface area (Å²) in [5, 5.41) is 0. The molecule has 0 amide bonds. The lowest BCUT2D eigenvalue weighted by atomic mass is 10.0. The first-order valence-electron chi connectivity index (χ1n) is 2.97. The van der Waals surface area contributed by atoms with Gasteiger partial charge >= 0.3 is 0 Å². The van der Waals surface area contributed by atoms with Crippen molar-refractivity contribution in [3.63, 3.8) is 0 Å². The monoisotopic (exact) mass is 113 g/mol. The summed E-state index contributed by atoms with van der Waals surface area (Å²) in [7, 11) is 0. The van der Waals surface area contributed by atoms with E-state index in [1.165, 1.54) is 0 Å². The van der Waals surface area contributed by atoms with Crippen molar-refractivity contribution in [2.75, 3.05) is 0 Å². The highest BCUT2D eigenvalue weighted by Gasteiger charge is 2.01. The van der Waals surface area contributed by atoms with Gasteiger partial charge in [-0.05, 0) is 12.3 Å². The summed E-state index contributed by atoms with van der Waals surface area (Å²) in [5.74, 6) is 0.644. The van der Waals surface area contributed by atoms with Crippen molar-refractivity contribution in [1.29, 1.82) is 0 Å². The van der Waals surface area contributed by atoms with Crippen molar-refractivity contribution in [2.24, 2.45) is 11.8 Å². The fourth-order valence-electron chi connectivity index (χ4n) is 0.652. The normalized spacial score (nSPS) is 14.0. The minimum atomic E-state index is 0.120. The lowest BCUT2D eigenvalue weighted by Crippen LogP contribution is -2.01. The molecule has 0 aromatic rings. The molecule has 0 aromatic heterocycles. The van der Waals surface area contributed by atoms with Gasteiger partial charge in [0, 0.05) is 5.92 Å². The zero-order chi connectivity index (χ0) is 6.57. The zero-order valence-corrected chi connectivity index (χ0v) is 5.72. The van der Waals surface area contributed by atoms with Crippen molar-refractivity contribution >= 4 is 6.29 Å². The second kappa shape index (κ2) is 3.65. The van der Waals surface area contributed by atoms with E-state index >= 15 is 0 Å². The smallest absolute Gasteiger partial charge is 0.123 e. The molecule has 0 bridgehead atoms. The van der Waals surface area contributed by atoms with Gasteiger partial charge in [0.1, 0.15) is 6.29 Å². The third kappa shape index (κ3) is 3.85. The first-order valence-corrected chi connectivity index (χ1v) is 2.97. The van der Waals surface area contributed by atoms with Gasteiger partial charge in [-0.25, -0.2) is 0 Å². The Bertz CT molecular complexity index is 66.8. The zero-order valence-electron chi connectivity index (χ0n) is 5.72. The maximum absolute atomic E-state index is 10.0. The molecule has 1 heteroatoms. The van der Waals surface area contributed by atoms with Crippen molar-refractivity contribution in [2.45, 2.75) is 20.8 Å². The van der Waals surface area contributed by atoms with E-state index in [0.29, 0.717) is 5.92 Å². The van der Waals surface area contributed by atoms with Crippen LogP contribution < -0.4 is 0 Å². The van der Waals surface area contributed by atoms with Crippen molar-refractivity contribution in [1.82, 2.24) is 0 Å². The van der Waals surface area contributed by atoms with Gasteiger partial charge in [0.15, 0.2) is 0 Å². The molecule has 47 valence electrons. The number of hydrogen-bond acceptors (Lipinski definition) is 1. The lowest BCUT2D eigenvalue weighted by Gasteiger charge is -2.03. The largest absolute Gasteiger partial charge is 0.303 e. The van der Waals surface area contributed by atoms with Crippen LogP contribution in [0.1, 0.15) is 20.8 Å². The van der Waals surface area contributed by atoms with Crippen molar-refractivity contribution in [3.05, 3.63) is 6.42 Å². The SMILES string of the molecule is CC(C)[CH]C(C)C=O. The molecule has 1 radical (unpaired) electrons. The summed E-state index contributed by atoms with van der Waals surface area (Å²) in [6, 6.07) is 0. The Labute approximate surface area is 51.1 Å². The van der Waals surface area contributed by atoms with Crippen molar-refractivity contribution < 1.29 is 4.79 Å². The van der Waals surface area contributed by atoms with Gasteiger partial charge in [-0.1, -0.05) is 20.8 Å². The summed E-state index contributed by atoms with van der Waals surface area (Å²) >= 11 is 0. The third-order valence-electron chi connectivity index (χ3n) is 0.903. The average molecular weight is 113 g/mol. The maximum Gasteiger partial charge on any atom is 0.123 e. The lowest BCUT2D eigenvalue weighted by molar-refractivity contribution is -0.110. The molecule has 0 aromatic carbocycles. The minimum Gasteiger partial charge on any atom is -0.303 e. The topological polar surface area (TPSA) is 17.1 Å². The Hall–Kier alpha value is -0.330. The molecule has 0 heterocycles. The summed E-state index contributed by atoms with van der Waals surface area (Å²) in [4.78, 5) is 10.0. The Morgan fingerprint density at radius 1 is 1.25 bits per heavy atom. The van der Waals surface area contributed by atoms with Gasteiger partial charge in [-0.15, -0.1) is 0 Å². The Morgan fingerprint density at radius 2 is 1.75 bits per heavy atom. The minimum absolute atomic E-state index is 0.120.